The second-order valence-electron chi connectivity index (χ2n) is 12.1. The summed E-state index contributed by atoms with van der Waals surface area (Å²) in [6.45, 7) is 15.5. The highest BCUT2D eigenvalue weighted by atomic mass is 79.9. The summed E-state index contributed by atoms with van der Waals surface area (Å²) >= 11 is 3.32. The number of amides is 1. The van der Waals surface area contributed by atoms with Crippen molar-refractivity contribution in [2.45, 2.75) is 97.4 Å². The zero-order valence-electron chi connectivity index (χ0n) is 22.2. The minimum atomic E-state index is -1.27. The quantitative estimate of drug-likeness (QED) is 0.262. The summed E-state index contributed by atoms with van der Waals surface area (Å²) in [7, 11) is -1.27. The molecule has 0 aliphatic heterocycles. The Hall–Kier alpha value is -1.45. The van der Waals surface area contributed by atoms with Gasteiger partial charge in [-0.2, -0.15) is 0 Å². The molecule has 0 spiro atoms. The molecule has 1 aliphatic rings. The monoisotopic (exact) mass is 569 g/mol. The van der Waals surface area contributed by atoms with Crippen LogP contribution in [0.25, 0.3) is 11.0 Å². The number of alkyl carbamates (subject to hydrolysis) is 1. The van der Waals surface area contributed by atoms with Crippen molar-refractivity contribution in [1.29, 1.82) is 0 Å². The van der Waals surface area contributed by atoms with Crippen molar-refractivity contribution in [2.24, 2.45) is 11.8 Å². The Labute approximate surface area is 218 Å². The normalized spacial score (nSPS) is 20.1. The van der Waals surface area contributed by atoms with Crippen LogP contribution in [0.4, 0.5) is 9.18 Å². The second kappa shape index (κ2) is 11.3. The Morgan fingerprint density at radius 2 is 1.91 bits per heavy atom. The third-order valence-corrected chi connectivity index (χ3v) is 8.84. The standard InChI is InChI=1S/C26H41BrFN3O3Si/c1-17-8-10-18(11-9-17)22(30-25(32)34-26(2,3)4)24-29-20-13-12-19(27)21(28)23(20)31(24)16-33-14-15-35(5,6)7/h12-13,17-18,22H,8-11,14-16H2,1-7H3,(H,30,32)/t17?,18?,22-/m0/s1. The molecule has 35 heavy (non-hydrogen) atoms. The molecule has 1 aromatic heterocycles. The van der Waals surface area contributed by atoms with Crippen molar-refractivity contribution in [3.63, 3.8) is 0 Å². The third kappa shape index (κ3) is 7.76. The fourth-order valence-corrected chi connectivity index (χ4v) is 5.60. The first-order chi connectivity index (χ1) is 16.2. The average Bonchev–Trinajstić information content (AvgIpc) is 3.10. The zero-order chi connectivity index (χ0) is 26.0. The molecule has 6 nitrogen and oxygen atoms in total. The minimum absolute atomic E-state index is 0.180. The summed E-state index contributed by atoms with van der Waals surface area (Å²) in [4.78, 5) is 17.7. The second-order valence-corrected chi connectivity index (χ2v) is 18.6. The first-order valence-corrected chi connectivity index (χ1v) is 17.2. The fourth-order valence-electron chi connectivity index (χ4n) is 4.52. The maximum Gasteiger partial charge on any atom is 0.408 e. The van der Waals surface area contributed by atoms with Crippen molar-refractivity contribution < 1.29 is 18.7 Å². The van der Waals surface area contributed by atoms with Crippen molar-refractivity contribution in [3.8, 4) is 0 Å². The Kier molecular flexibility index (Phi) is 9.08. The van der Waals surface area contributed by atoms with E-state index in [1.54, 1.807) is 16.7 Å². The Morgan fingerprint density at radius 3 is 2.51 bits per heavy atom. The van der Waals surface area contributed by atoms with Gasteiger partial charge in [0.1, 0.15) is 23.7 Å². The topological polar surface area (TPSA) is 65.4 Å². The lowest BCUT2D eigenvalue weighted by molar-refractivity contribution is 0.0454. The first-order valence-electron chi connectivity index (χ1n) is 12.7. The molecular formula is C26H41BrFN3O3Si. The fraction of sp³-hybridized carbons (Fsp3) is 0.692. The number of carbonyl (C=O) groups is 1. The van der Waals surface area contributed by atoms with Crippen LogP contribution in [0.2, 0.25) is 25.7 Å². The largest absolute Gasteiger partial charge is 0.444 e. The number of rotatable bonds is 8. The molecule has 1 atom stereocenters. The number of hydrogen-bond donors (Lipinski definition) is 1. The highest BCUT2D eigenvalue weighted by Crippen LogP contribution is 2.38. The van der Waals surface area contributed by atoms with E-state index in [2.05, 4.69) is 47.8 Å². The predicted octanol–water partition coefficient (Wildman–Crippen LogP) is 7.64. The summed E-state index contributed by atoms with van der Waals surface area (Å²) in [6.07, 6.45) is 3.62. The van der Waals surface area contributed by atoms with E-state index in [4.69, 9.17) is 14.5 Å². The number of nitrogens with one attached hydrogen (secondary N) is 1. The summed E-state index contributed by atoms with van der Waals surface area (Å²) < 4.78 is 29.2. The molecule has 9 heteroatoms. The van der Waals surface area contributed by atoms with Gasteiger partial charge in [-0.3, -0.25) is 4.57 Å². The lowest BCUT2D eigenvalue weighted by atomic mass is 9.79. The van der Waals surface area contributed by atoms with Crippen molar-refractivity contribution in [2.75, 3.05) is 6.61 Å². The van der Waals surface area contributed by atoms with Crippen molar-refractivity contribution in [1.82, 2.24) is 14.9 Å². The number of nitrogens with zero attached hydrogens (tertiary/aromatic N) is 2. The number of hydrogen-bond acceptors (Lipinski definition) is 4. The average molecular weight is 571 g/mol. The van der Waals surface area contributed by atoms with Crippen molar-refractivity contribution >= 4 is 41.1 Å². The Morgan fingerprint density at radius 1 is 1.26 bits per heavy atom. The predicted molar refractivity (Wildman–Crippen MR) is 145 cm³/mol. The molecule has 1 amide bonds. The number of imidazole rings is 1. The van der Waals surface area contributed by atoms with E-state index < -0.39 is 25.8 Å². The number of ether oxygens (including phenoxy) is 2. The molecule has 1 N–H and O–H groups in total. The van der Waals surface area contributed by atoms with Crippen LogP contribution in [0, 0.1) is 17.7 Å². The molecule has 196 valence electrons. The molecule has 0 radical (unpaired) electrons. The summed E-state index contributed by atoms with van der Waals surface area (Å²) in [5.41, 5.74) is 0.324. The number of halogens is 2. The van der Waals surface area contributed by atoms with Gasteiger partial charge in [0.2, 0.25) is 0 Å². The molecule has 2 aromatic rings. The van der Waals surface area contributed by atoms with E-state index in [9.17, 15) is 4.79 Å². The molecule has 1 aromatic carbocycles. The van der Waals surface area contributed by atoms with Gasteiger partial charge in [-0.05, 0) is 79.6 Å². The molecule has 0 bridgehead atoms. The summed E-state index contributed by atoms with van der Waals surface area (Å²) in [5.74, 6) is 1.09. The third-order valence-electron chi connectivity index (χ3n) is 6.53. The van der Waals surface area contributed by atoms with E-state index in [0.717, 1.165) is 31.7 Å². The van der Waals surface area contributed by atoms with Gasteiger partial charge in [0.15, 0.2) is 5.82 Å². The zero-order valence-corrected chi connectivity index (χ0v) is 24.8. The van der Waals surface area contributed by atoms with Gasteiger partial charge in [-0.1, -0.05) is 39.4 Å². The van der Waals surface area contributed by atoms with E-state index in [1.165, 1.54) is 0 Å². The van der Waals surface area contributed by atoms with Crippen LogP contribution in [-0.4, -0.2) is 35.9 Å². The smallest absolute Gasteiger partial charge is 0.408 e. The van der Waals surface area contributed by atoms with E-state index in [1.807, 2.05) is 20.8 Å². The lowest BCUT2D eigenvalue weighted by Gasteiger charge is -2.33. The number of carbonyl (C=O) groups excluding carboxylic acids is 1. The van der Waals surface area contributed by atoms with Gasteiger partial charge in [0.05, 0.1) is 16.0 Å². The van der Waals surface area contributed by atoms with Crippen LogP contribution in [-0.2, 0) is 16.2 Å². The molecular weight excluding hydrogens is 529 g/mol. The molecule has 1 saturated carbocycles. The molecule has 0 saturated heterocycles. The van der Waals surface area contributed by atoms with E-state index in [-0.39, 0.29) is 18.5 Å². The highest BCUT2D eigenvalue weighted by Gasteiger charge is 2.34. The van der Waals surface area contributed by atoms with Gasteiger partial charge in [0.25, 0.3) is 0 Å². The molecule has 1 fully saturated rings. The molecule has 1 heterocycles. The minimum Gasteiger partial charge on any atom is -0.444 e. The van der Waals surface area contributed by atoms with Gasteiger partial charge >= 0.3 is 6.09 Å². The van der Waals surface area contributed by atoms with Gasteiger partial charge in [-0.25, -0.2) is 14.2 Å². The van der Waals surface area contributed by atoms with Crippen LogP contribution in [0.15, 0.2) is 16.6 Å². The van der Waals surface area contributed by atoms with Crippen LogP contribution in [0.3, 0.4) is 0 Å². The van der Waals surface area contributed by atoms with E-state index >= 15 is 4.39 Å². The molecule has 3 rings (SSSR count). The van der Waals surface area contributed by atoms with Gasteiger partial charge in [0, 0.05) is 14.7 Å². The molecule has 0 unspecified atom stereocenters. The van der Waals surface area contributed by atoms with Crippen LogP contribution >= 0.6 is 15.9 Å². The SMILES string of the molecule is CC1CCC([C@H](NC(=O)OC(C)(C)C)c2nc3ccc(Br)c(F)c3n2COCC[Si](C)(C)C)CC1. The number of fused-ring (bicyclic) bond motifs is 1. The van der Waals surface area contributed by atoms with Crippen LogP contribution < -0.4 is 5.32 Å². The summed E-state index contributed by atoms with van der Waals surface area (Å²) in [5, 5.41) is 3.10. The van der Waals surface area contributed by atoms with Crippen LogP contribution in [0.5, 0.6) is 0 Å². The van der Waals surface area contributed by atoms with Crippen LogP contribution in [0.1, 0.15) is 65.2 Å². The van der Waals surface area contributed by atoms with E-state index in [0.29, 0.717) is 33.9 Å². The van der Waals surface area contributed by atoms with Gasteiger partial charge in [-0.15, -0.1) is 0 Å². The summed E-state index contributed by atoms with van der Waals surface area (Å²) in [6, 6.07) is 4.09. The van der Waals surface area contributed by atoms with Gasteiger partial charge < -0.3 is 14.8 Å². The maximum absolute atomic E-state index is 15.3. The first kappa shape index (κ1) is 28.1. The van der Waals surface area contributed by atoms with Crippen molar-refractivity contribution in [3.05, 3.63) is 28.2 Å². The number of aromatic nitrogens is 2. The Bertz CT molecular complexity index is 1020. The molecule has 1 aliphatic carbocycles. The number of benzene rings is 1. The Balaban J connectivity index is 2.01. The highest BCUT2D eigenvalue weighted by molar-refractivity contribution is 9.10. The maximum atomic E-state index is 15.3. The lowest BCUT2D eigenvalue weighted by Crippen LogP contribution is -2.40.